The van der Waals surface area contributed by atoms with Gasteiger partial charge in [0.05, 0.1) is 74.8 Å². The number of amides is 5. The van der Waals surface area contributed by atoms with E-state index in [4.69, 9.17) is 9.47 Å². The third kappa shape index (κ3) is 11.7. The molecule has 0 fully saturated rings. The SMILES string of the molecule is CNCC(=O)NC(C=O)CN(C(=O)c1ccc(C(=O)N2CC(NC(=O)C(C)NC)C(=O)N(Cc3c(OC)ccc4cc(Br)ccc34)c3ccccc32)cn1)c1ccccc1N(C)Cc1c(OC)ccc2cc(Br)ccc12. The van der Waals surface area contributed by atoms with Crippen molar-refractivity contribution in [3.8, 4) is 11.5 Å². The van der Waals surface area contributed by atoms with E-state index in [1.165, 1.54) is 28.1 Å². The molecule has 7 aromatic rings. The van der Waals surface area contributed by atoms with Crippen LogP contribution < -0.4 is 50.3 Å². The first-order valence-corrected chi connectivity index (χ1v) is 25.9. The lowest BCUT2D eigenvalue weighted by atomic mass is 10.0. The Morgan fingerprint density at radius 2 is 1.42 bits per heavy atom. The molecule has 76 heavy (non-hydrogen) atoms. The normalized spacial score (nSPS) is 14.1. The molecule has 8 rings (SSSR count). The summed E-state index contributed by atoms with van der Waals surface area (Å²) in [4.78, 5) is 95.0. The lowest BCUT2D eigenvalue weighted by molar-refractivity contribution is -0.128. The van der Waals surface area contributed by atoms with Gasteiger partial charge in [-0.05, 0) is 115 Å². The molecule has 0 radical (unpaired) electrons. The Kier molecular flexibility index (Phi) is 17.4. The number of carbonyl (C=O) groups excluding carboxylic acids is 6. The van der Waals surface area contributed by atoms with Gasteiger partial charge < -0.3 is 55.1 Å². The van der Waals surface area contributed by atoms with Crippen LogP contribution in [0, 0.1) is 0 Å². The van der Waals surface area contributed by atoms with Gasteiger partial charge in [0.2, 0.25) is 11.8 Å². The van der Waals surface area contributed by atoms with Gasteiger partial charge in [0.25, 0.3) is 17.7 Å². The first-order chi connectivity index (χ1) is 36.7. The van der Waals surface area contributed by atoms with Gasteiger partial charge in [-0.2, -0.15) is 0 Å². The molecule has 0 aliphatic carbocycles. The van der Waals surface area contributed by atoms with Crippen molar-refractivity contribution in [2.75, 3.05) is 74.6 Å². The minimum atomic E-state index is -1.21. The van der Waals surface area contributed by atoms with Crippen LogP contribution >= 0.6 is 31.9 Å². The number of anilines is 4. The smallest absolute Gasteiger partial charge is 0.277 e. The molecule has 3 unspecified atom stereocenters. The summed E-state index contributed by atoms with van der Waals surface area (Å²) in [6.45, 7) is 1.46. The number of pyridine rings is 1. The molecule has 392 valence electrons. The van der Waals surface area contributed by atoms with Crippen molar-refractivity contribution >= 4 is 112 Å². The fourth-order valence-electron chi connectivity index (χ4n) is 9.34. The van der Waals surface area contributed by atoms with E-state index in [0.717, 1.165) is 41.6 Å². The number of carbonyl (C=O) groups is 6. The molecule has 4 N–H and O–H groups in total. The van der Waals surface area contributed by atoms with E-state index in [2.05, 4.69) is 58.1 Å². The van der Waals surface area contributed by atoms with E-state index < -0.39 is 47.7 Å². The molecule has 0 bridgehead atoms. The van der Waals surface area contributed by atoms with Gasteiger partial charge in [0, 0.05) is 39.9 Å². The third-order valence-electron chi connectivity index (χ3n) is 13.3. The molecule has 0 saturated carbocycles. The average molecular weight is 1160 g/mol. The highest BCUT2D eigenvalue weighted by Gasteiger charge is 2.39. The molecule has 1 aliphatic heterocycles. The van der Waals surface area contributed by atoms with Crippen molar-refractivity contribution in [1.82, 2.24) is 26.3 Å². The van der Waals surface area contributed by atoms with Gasteiger partial charge >= 0.3 is 0 Å². The number of hydrogen-bond donors (Lipinski definition) is 4. The van der Waals surface area contributed by atoms with Crippen molar-refractivity contribution in [3.05, 3.63) is 159 Å². The highest BCUT2D eigenvalue weighted by atomic mass is 79.9. The molecular weight excluding hydrogens is 1100 g/mol. The van der Waals surface area contributed by atoms with Crippen molar-refractivity contribution in [3.63, 3.8) is 0 Å². The number of methoxy groups -OCH3 is 2. The average Bonchev–Trinajstić information content (AvgIpc) is 3.55. The van der Waals surface area contributed by atoms with Crippen LogP contribution in [0.4, 0.5) is 22.7 Å². The first-order valence-electron chi connectivity index (χ1n) is 24.4. The number of rotatable bonds is 19. The quantitative estimate of drug-likeness (QED) is 0.0587. The predicted octanol–water partition coefficient (Wildman–Crippen LogP) is 7.40. The van der Waals surface area contributed by atoms with Crippen molar-refractivity contribution in [2.45, 2.75) is 38.1 Å². The molecule has 3 atom stereocenters. The number of para-hydroxylation sites is 4. The highest BCUT2D eigenvalue weighted by Crippen LogP contribution is 2.39. The Morgan fingerprint density at radius 1 is 0.803 bits per heavy atom. The Hall–Kier alpha value is -7.71. The van der Waals surface area contributed by atoms with Crippen LogP contribution in [-0.2, 0) is 32.3 Å². The minimum Gasteiger partial charge on any atom is -0.496 e. The summed E-state index contributed by atoms with van der Waals surface area (Å²) >= 11 is 7.14. The zero-order valence-corrected chi connectivity index (χ0v) is 45.9. The van der Waals surface area contributed by atoms with Gasteiger partial charge in [0.1, 0.15) is 35.6 Å². The molecular formula is C57H57Br2N9O8. The van der Waals surface area contributed by atoms with Gasteiger partial charge in [-0.1, -0.05) is 80.4 Å². The summed E-state index contributed by atoms with van der Waals surface area (Å²) in [6, 6.07) is 33.6. The number of aromatic nitrogens is 1. The second-order valence-electron chi connectivity index (χ2n) is 18.2. The van der Waals surface area contributed by atoms with Crippen molar-refractivity contribution < 1.29 is 38.2 Å². The summed E-state index contributed by atoms with van der Waals surface area (Å²) in [5.41, 5.74) is 3.46. The number of hydrogen-bond acceptors (Lipinski definition) is 12. The second-order valence-corrected chi connectivity index (χ2v) is 20.0. The Balaban J connectivity index is 1.15. The number of likely N-dealkylation sites (N-methyl/N-ethyl adjacent to an activating group) is 2. The van der Waals surface area contributed by atoms with Crippen LogP contribution in [0.1, 0.15) is 38.9 Å². The molecule has 0 saturated heterocycles. The minimum absolute atomic E-state index is 0.0292. The third-order valence-corrected chi connectivity index (χ3v) is 14.3. The fraction of sp³-hybridized carbons (Fsp3) is 0.246. The lowest BCUT2D eigenvalue weighted by Crippen LogP contribution is -2.55. The first kappa shape index (κ1) is 54.5. The van der Waals surface area contributed by atoms with E-state index in [1.807, 2.05) is 84.7 Å². The Morgan fingerprint density at radius 3 is 2.03 bits per heavy atom. The van der Waals surface area contributed by atoms with E-state index in [0.29, 0.717) is 47.1 Å². The summed E-state index contributed by atoms with van der Waals surface area (Å²) < 4.78 is 13.5. The van der Waals surface area contributed by atoms with Crippen LogP contribution in [0.3, 0.4) is 0 Å². The maximum absolute atomic E-state index is 15.0. The number of ether oxygens (including phenoxy) is 2. The van der Waals surface area contributed by atoms with Gasteiger partial charge in [-0.25, -0.2) is 0 Å². The van der Waals surface area contributed by atoms with Crippen LogP contribution in [0.15, 0.2) is 136 Å². The molecule has 0 spiro atoms. The highest BCUT2D eigenvalue weighted by molar-refractivity contribution is 9.10. The zero-order valence-electron chi connectivity index (χ0n) is 42.7. The van der Waals surface area contributed by atoms with Crippen LogP contribution in [-0.4, -0.2) is 114 Å². The number of halogens is 2. The molecule has 17 nitrogen and oxygen atoms in total. The largest absolute Gasteiger partial charge is 0.496 e. The summed E-state index contributed by atoms with van der Waals surface area (Å²) in [7, 11) is 8.29. The van der Waals surface area contributed by atoms with E-state index in [9.17, 15) is 19.2 Å². The second kappa shape index (κ2) is 24.3. The summed E-state index contributed by atoms with van der Waals surface area (Å²) in [6.07, 6.45) is 1.86. The van der Waals surface area contributed by atoms with Crippen LogP contribution in [0.5, 0.6) is 11.5 Å². The Labute approximate surface area is 457 Å². The number of aldehydes is 1. The maximum Gasteiger partial charge on any atom is 0.277 e. The number of nitrogens with one attached hydrogen (secondary N) is 4. The molecule has 2 heterocycles. The molecule has 1 aliphatic rings. The molecule has 1 aromatic heterocycles. The van der Waals surface area contributed by atoms with Gasteiger partial charge in [0.15, 0.2) is 0 Å². The van der Waals surface area contributed by atoms with Crippen LogP contribution in [0.25, 0.3) is 21.5 Å². The number of nitrogens with zero attached hydrogens (tertiary/aromatic N) is 5. The lowest BCUT2D eigenvalue weighted by Gasteiger charge is -2.31. The van der Waals surface area contributed by atoms with E-state index >= 15 is 9.59 Å². The number of fused-ring (bicyclic) bond motifs is 3. The standard InChI is InChI=1S/C57H57Br2N9O8/c1-34(61-3)54(71)64-46-32-68(50-14-10-9-13-49(50)67(57(46)74)31-44-42-21-19-39(59)26-36(42)17-24-52(44)76-6)55(72)37-15-22-45(62-27-37)56(73)66(29-40(33-69)63-53(70)28-60-2)48-12-8-7-11-47(48)65(4)30-43-41-20-18-38(58)25-35(41)16-23-51(43)75-5/h7-27,33-34,40,46,60-61H,28-32H2,1-6H3,(H,63,70)(H,64,71). The molecule has 5 amide bonds. The Bertz CT molecular complexity index is 3340. The van der Waals surface area contributed by atoms with Crippen LogP contribution in [0.2, 0.25) is 0 Å². The summed E-state index contributed by atoms with van der Waals surface area (Å²) in [5.74, 6) is -1.32. The number of benzene rings is 6. The summed E-state index contributed by atoms with van der Waals surface area (Å²) in [5, 5.41) is 15.0. The molecule has 6 aromatic carbocycles. The topological polar surface area (TPSA) is 195 Å². The van der Waals surface area contributed by atoms with Crippen molar-refractivity contribution in [1.29, 1.82) is 0 Å². The van der Waals surface area contributed by atoms with Crippen molar-refractivity contribution in [2.24, 2.45) is 0 Å². The van der Waals surface area contributed by atoms with E-state index in [-0.39, 0.29) is 37.4 Å². The van der Waals surface area contributed by atoms with Gasteiger partial charge in [-0.3, -0.25) is 29.0 Å². The van der Waals surface area contributed by atoms with Gasteiger partial charge in [-0.15, -0.1) is 0 Å². The molecule has 19 heteroatoms. The fourth-order valence-corrected chi connectivity index (χ4v) is 10.1. The van der Waals surface area contributed by atoms with E-state index in [1.54, 1.807) is 76.5 Å². The monoisotopic (exact) mass is 1150 g/mol. The maximum atomic E-state index is 15.0. The zero-order chi connectivity index (χ0) is 54.2. The predicted molar refractivity (Wildman–Crippen MR) is 303 cm³/mol.